The second kappa shape index (κ2) is 13.9. The average molecular weight is 672 g/mol. The van der Waals surface area contributed by atoms with Gasteiger partial charge >= 0.3 is 5.97 Å². The summed E-state index contributed by atoms with van der Waals surface area (Å²) < 4.78 is 3.41. The number of amides is 1. The maximum absolute atomic E-state index is 12.1. The Hall–Kier alpha value is -6.94. The molecule has 0 saturated carbocycles. The van der Waals surface area contributed by atoms with Crippen LogP contribution in [-0.4, -0.2) is 52.8 Å². The maximum atomic E-state index is 12.1. The zero-order valence-corrected chi connectivity index (χ0v) is 28.1. The van der Waals surface area contributed by atoms with Gasteiger partial charge in [0.2, 0.25) is 0 Å². The highest BCUT2D eigenvalue weighted by Crippen LogP contribution is 2.33. The van der Waals surface area contributed by atoms with Gasteiger partial charge in [-0.1, -0.05) is 60.7 Å². The quantitative estimate of drug-likeness (QED) is 0.185. The lowest BCUT2D eigenvalue weighted by molar-refractivity contribution is 0.0689. The third kappa shape index (κ3) is 6.58. The summed E-state index contributed by atoms with van der Waals surface area (Å²) in [7, 11) is 1.62. The molecule has 0 aliphatic heterocycles. The van der Waals surface area contributed by atoms with Gasteiger partial charge in [-0.05, 0) is 84.6 Å². The number of fused-ring (bicyclic) bond motifs is 2. The van der Waals surface area contributed by atoms with Crippen molar-refractivity contribution in [1.82, 2.24) is 34.1 Å². The fourth-order valence-corrected chi connectivity index (χ4v) is 6.04. The van der Waals surface area contributed by atoms with E-state index in [0.29, 0.717) is 11.3 Å². The van der Waals surface area contributed by atoms with Gasteiger partial charge in [0.05, 0.1) is 23.8 Å². The fourth-order valence-electron chi connectivity index (χ4n) is 6.04. The number of aryl methyl sites for hydroxylation is 2. The largest absolute Gasteiger partial charge is 0.477 e. The monoisotopic (exact) mass is 671 g/mol. The molecule has 0 aliphatic carbocycles. The molecule has 6 aromatic heterocycles. The van der Waals surface area contributed by atoms with Gasteiger partial charge in [-0.3, -0.25) is 23.6 Å². The number of nitrogens with one attached hydrogen (secondary N) is 1. The Morgan fingerprint density at radius 1 is 0.569 bits per heavy atom. The van der Waals surface area contributed by atoms with Crippen LogP contribution in [-0.2, 0) is 0 Å². The van der Waals surface area contributed by atoms with Gasteiger partial charge in [-0.15, -0.1) is 0 Å². The number of carbonyl (C=O) groups excluding carboxylic acids is 1. The first-order valence-electron chi connectivity index (χ1n) is 16.3. The highest BCUT2D eigenvalue weighted by molar-refractivity contribution is 5.93. The number of imidazole rings is 2. The van der Waals surface area contributed by atoms with Crippen molar-refractivity contribution in [3.8, 4) is 44.8 Å². The third-order valence-corrected chi connectivity index (χ3v) is 8.49. The number of nitrogens with zero attached hydrogens (tertiary/aromatic N) is 6. The maximum Gasteiger partial charge on any atom is 0.354 e. The molecule has 10 nitrogen and oxygen atoms in total. The number of rotatable bonds is 6. The predicted octanol–water partition coefficient (Wildman–Crippen LogP) is 7.80. The number of hydrogen-bond acceptors (Lipinski definition) is 6. The van der Waals surface area contributed by atoms with Crippen molar-refractivity contribution in [2.45, 2.75) is 13.8 Å². The van der Waals surface area contributed by atoms with Crippen LogP contribution >= 0.6 is 0 Å². The molecular weight excluding hydrogens is 638 g/mol. The fraction of sp³-hybridized carbons (Fsp3) is 0.0732. The molecule has 0 unspecified atom stereocenters. The van der Waals surface area contributed by atoms with Gasteiger partial charge in [-0.2, -0.15) is 0 Å². The SMILES string of the molecule is CNC(=O)c1cnc2ccc(-c3ccccc3-c3cccc(C)n3)cn12.Cc1cccc(-c2ccccc2-c2ccc3ncc(C(=O)O)n3c2)n1. The van der Waals surface area contributed by atoms with Gasteiger partial charge in [-0.25, -0.2) is 14.8 Å². The van der Waals surface area contributed by atoms with E-state index < -0.39 is 5.97 Å². The van der Waals surface area contributed by atoms with Crippen LogP contribution in [0, 0.1) is 13.8 Å². The summed E-state index contributed by atoms with van der Waals surface area (Å²) >= 11 is 0. The normalized spacial score (nSPS) is 10.9. The van der Waals surface area contributed by atoms with Gasteiger partial charge in [0, 0.05) is 42.0 Å². The van der Waals surface area contributed by atoms with Crippen LogP contribution in [0.1, 0.15) is 32.4 Å². The second-order valence-electron chi connectivity index (χ2n) is 11.9. The summed E-state index contributed by atoms with van der Waals surface area (Å²) in [5.74, 6) is -1.17. The molecule has 2 aromatic carbocycles. The Morgan fingerprint density at radius 3 is 1.47 bits per heavy atom. The van der Waals surface area contributed by atoms with Crippen LogP contribution in [0.2, 0.25) is 0 Å². The lowest BCUT2D eigenvalue weighted by atomic mass is 9.98. The highest BCUT2D eigenvalue weighted by atomic mass is 16.4. The van der Waals surface area contributed by atoms with E-state index in [9.17, 15) is 14.7 Å². The van der Waals surface area contributed by atoms with Crippen LogP contribution in [0.15, 0.2) is 134 Å². The highest BCUT2D eigenvalue weighted by Gasteiger charge is 2.15. The van der Waals surface area contributed by atoms with Crippen molar-refractivity contribution in [3.63, 3.8) is 0 Å². The van der Waals surface area contributed by atoms with E-state index >= 15 is 0 Å². The van der Waals surface area contributed by atoms with Gasteiger partial charge in [0.25, 0.3) is 5.91 Å². The Kier molecular flexibility index (Phi) is 8.88. The molecule has 2 N–H and O–H groups in total. The average Bonchev–Trinajstić information content (AvgIpc) is 3.79. The van der Waals surface area contributed by atoms with Crippen molar-refractivity contribution in [2.24, 2.45) is 0 Å². The van der Waals surface area contributed by atoms with Gasteiger partial charge in [0.15, 0.2) is 5.69 Å². The second-order valence-corrected chi connectivity index (χ2v) is 11.9. The molecule has 6 heterocycles. The minimum absolute atomic E-state index is 0.142. The Morgan fingerprint density at radius 2 is 1.02 bits per heavy atom. The predicted molar refractivity (Wildman–Crippen MR) is 198 cm³/mol. The van der Waals surface area contributed by atoms with Crippen molar-refractivity contribution in [1.29, 1.82) is 0 Å². The molecule has 0 spiro atoms. The number of carboxylic acids is 1. The summed E-state index contributed by atoms with van der Waals surface area (Å²) in [5, 5.41) is 12.0. The van der Waals surface area contributed by atoms with Crippen molar-refractivity contribution < 1.29 is 14.7 Å². The molecular formula is C41H33N7O3. The first kappa shape index (κ1) is 32.6. The first-order valence-corrected chi connectivity index (χ1v) is 16.3. The molecule has 0 atom stereocenters. The number of carbonyl (C=O) groups is 2. The minimum Gasteiger partial charge on any atom is -0.477 e. The topological polar surface area (TPSA) is 127 Å². The summed E-state index contributed by atoms with van der Waals surface area (Å²) in [6.07, 6.45) is 6.71. The molecule has 0 aliphatic rings. The Labute approximate surface area is 293 Å². The lowest BCUT2D eigenvalue weighted by Crippen LogP contribution is -2.19. The molecule has 0 saturated heterocycles. The Bertz CT molecular complexity index is 2570. The van der Waals surface area contributed by atoms with E-state index in [1.165, 1.54) is 6.20 Å². The summed E-state index contributed by atoms with van der Waals surface area (Å²) in [6, 6.07) is 35.7. The number of pyridine rings is 4. The van der Waals surface area contributed by atoms with Crippen molar-refractivity contribution in [2.75, 3.05) is 7.05 Å². The van der Waals surface area contributed by atoms with E-state index in [2.05, 4.69) is 37.4 Å². The van der Waals surface area contributed by atoms with E-state index in [1.54, 1.807) is 23.8 Å². The molecule has 0 fully saturated rings. The molecule has 10 heteroatoms. The minimum atomic E-state index is -1.00. The lowest BCUT2D eigenvalue weighted by Gasteiger charge is -2.11. The number of benzene rings is 2. The summed E-state index contributed by atoms with van der Waals surface area (Å²) in [5.41, 5.74) is 11.7. The molecule has 0 bridgehead atoms. The molecule has 51 heavy (non-hydrogen) atoms. The number of aromatic carboxylic acids is 1. The van der Waals surface area contributed by atoms with Crippen LogP contribution in [0.3, 0.4) is 0 Å². The summed E-state index contributed by atoms with van der Waals surface area (Å²) in [4.78, 5) is 41.2. The number of hydrogen-bond donors (Lipinski definition) is 2. The number of aromatic nitrogens is 6. The molecule has 8 aromatic rings. The molecule has 1 amide bonds. The van der Waals surface area contributed by atoms with Crippen molar-refractivity contribution in [3.05, 3.63) is 157 Å². The number of carboxylic acid groups (broad SMARTS) is 1. The molecule has 8 rings (SSSR count). The summed E-state index contributed by atoms with van der Waals surface area (Å²) in [6.45, 7) is 3.95. The standard InChI is InChI=1S/C21H18N4O.C20H15N3O2/c1-14-6-5-9-18(24-14)17-8-4-3-7-16(17)15-10-11-20-23-12-19(21(26)22-2)25(20)13-15;1-13-5-4-8-17(22-13)16-7-3-2-6-15(16)14-9-10-19-21-11-18(20(24)25)23(19)12-14/h3-13H,1-2H3,(H,22,26);2-12H,1H3,(H,24,25). The van der Waals surface area contributed by atoms with Crippen LogP contribution in [0.4, 0.5) is 0 Å². The van der Waals surface area contributed by atoms with Crippen LogP contribution in [0.25, 0.3) is 56.1 Å². The van der Waals surface area contributed by atoms with Crippen LogP contribution in [0.5, 0.6) is 0 Å². The zero-order chi connectivity index (χ0) is 35.5. The van der Waals surface area contributed by atoms with Gasteiger partial charge in [0.1, 0.15) is 17.0 Å². The first-order chi connectivity index (χ1) is 24.8. The van der Waals surface area contributed by atoms with Crippen molar-refractivity contribution >= 4 is 23.2 Å². The third-order valence-electron chi connectivity index (χ3n) is 8.49. The smallest absolute Gasteiger partial charge is 0.354 e. The van der Waals surface area contributed by atoms with Gasteiger partial charge < -0.3 is 10.4 Å². The van der Waals surface area contributed by atoms with E-state index in [0.717, 1.165) is 61.8 Å². The molecule has 250 valence electrons. The van der Waals surface area contributed by atoms with E-state index in [-0.39, 0.29) is 11.6 Å². The van der Waals surface area contributed by atoms with E-state index in [4.69, 9.17) is 0 Å². The Balaban J connectivity index is 0.000000159. The van der Waals surface area contributed by atoms with E-state index in [1.807, 2.05) is 122 Å². The zero-order valence-electron chi connectivity index (χ0n) is 28.1. The molecule has 0 radical (unpaired) electrons. The van der Waals surface area contributed by atoms with Crippen LogP contribution < -0.4 is 5.32 Å².